The van der Waals surface area contributed by atoms with Crippen LogP contribution in [0.15, 0.2) is 53.1 Å². The minimum absolute atomic E-state index is 0.0761. The molecule has 2 aromatic carbocycles. The molecule has 1 amide bonds. The van der Waals surface area contributed by atoms with E-state index in [0.717, 1.165) is 5.56 Å². The highest BCUT2D eigenvalue weighted by Crippen LogP contribution is 2.28. The molecule has 0 fully saturated rings. The molecule has 0 bridgehead atoms. The molecule has 0 spiro atoms. The summed E-state index contributed by atoms with van der Waals surface area (Å²) in [6, 6.07) is 13.0. The Morgan fingerprint density at radius 2 is 2.08 bits per heavy atom. The predicted molar refractivity (Wildman–Crippen MR) is 89.6 cm³/mol. The molecule has 1 aromatic heterocycles. The molecule has 122 valence electrons. The van der Waals surface area contributed by atoms with Gasteiger partial charge in [-0.25, -0.2) is 0 Å². The molecule has 0 aliphatic heterocycles. The van der Waals surface area contributed by atoms with Crippen LogP contribution in [-0.4, -0.2) is 23.3 Å². The van der Waals surface area contributed by atoms with E-state index in [4.69, 9.17) is 20.9 Å². The summed E-state index contributed by atoms with van der Waals surface area (Å²) in [5, 5.41) is 16.4. The maximum absolute atomic E-state index is 12.2. The number of phenols is 1. The second kappa shape index (κ2) is 6.64. The van der Waals surface area contributed by atoms with Crippen LogP contribution in [0, 0.1) is 0 Å². The third kappa shape index (κ3) is 3.33. The van der Waals surface area contributed by atoms with Gasteiger partial charge in [0.15, 0.2) is 11.5 Å². The van der Waals surface area contributed by atoms with E-state index in [-0.39, 0.29) is 17.1 Å². The average Bonchev–Trinajstić information content (AvgIpc) is 3.08. The Morgan fingerprint density at radius 1 is 1.25 bits per heavy atom. The Bertz CT molecular complexity index is 892. The Hall–Kier alpha value is -2.99. The van der Waals surface area contributed by atoms with E-state index < -0.39 is 5.91 Å². The first-order chi connectivity index (χ1) is 11.6. The number of methoxy groups -OCH3 is 1. The lowest BCUT2D eigenvalue weighted by molar-refractivity contribution is 0.101. The summed E-state index contributed by atoms with van der Waals surface area (Å²) in [5.41, 5.74) is 0.997. The molecule has 0 unspecified atom stereocenters. The molecule has 0 saturated carbocycles. The topological polar surface area (TPSA) is 84.6 Å². The monoisotopic (exact) mass is 344 g/mol. The second-order valence-electron chi connectivity index (χ2n) is 4.92. The van der Waals surface area contributed by atoms with E-state index in [1.165, 1.54) is 24.3 Å². The number of nitrogens with one attached hydrogen (secondary N) is 1. The molecule has 3 rings (SSSR count). The first-order valence-corrected chi connectivity index (χ1v) is 7.35. The van der Waals surface area contributed by atoms with Crippen LogP contribution >= 0.6 is 11.6 Å². The van der Waals surface area contributed by atoms with Crippen molar-refractivity contribution in [3.8, 4) is 22.8 Å². The van der Waals surface area contributed by atoms with Crippen LogP contribution in [0.1, 0.15) is 10.5 Å². The molecule has 1 heterocycles. The highest BCUT2D eigenvalue weighted by Gasteiger charge is 2.16. The van der Waals surface area contributed by atoms with Gasteiger partial charge < -0.3 is 19.7 Å². The fraction of sp³-hybridized carbons (Fsp3) is 0.0588. The first-order valence-electron chi connectivity index (χ1n) is 6.98. The number of anilines is 1. The molecule has 2 N–H and O–H groups in total. The molecule has 24 heavy (non-hydrogen) atoms. The van der Waals surface area contributed by atoms with Crippen LogP contribution in [0.25, 0.3) is 11.3 Å². The molecule has 0 aliphatic rings. The maximum Gasteiger partial charge on any atom is 0.277 e. The van der Waals surface area contributed by atoms with Crippen LogP contribution in [0.4, 0.5) is 5.69 Å². The van der Waals surface area contributed by atoms with Gasteiger partial charge in [0.1, 0.15) is 11.5 Å². The first kappa shape index (κ1) is 15.9. The summed E-state index contributed by atoms with van der Waals surface area (Å²) in [6.45, 7) is 0. The van der Waals surface area contributed by atoms with Gasteiger partial charge in [0.25, 0.3) is 5.91 Å². The lowest BCUT2D eigenvalue weighted by Crippen LogP contribution is -2.12. The molecular weight excluding hydrogens is 332 g/mol. The number of ether oxygens (including phenoxy) is 1. The number of phenolic OH excluding ortho intramolecular Hbond substituents is 1. The zero-order chi connectivity index (χ0) is 17.1. The Morgan fingerprint density at radius 3 is 2.88 bits per heavy atom. The van der Waals surface area contributed by atoms with Crippen molar-refractivity contribution in [3.63, 3.8) is 0 Å². The van der Waals surface area contributed by atoms with E-state index in [0.29, 0.717) is 16.5 Å². The van der Waals surface area contributed by atoms with Gasteiger partial charge in [-0.15, -0.1) is 0 Å². The van der Waals surface area contributed by atoms with Gasteiger partial charge in [0.05, 0.1) is 12.8 Å². The number of rotatable bonds is 4. The summed E-state index contributed by atoms with van der Waals surface area (Å²) in [5.74, 6) is 0.475. The largest absolute Gasteiger partial charge is 0.506 e. The van der Waals surface area contributed by atoms with E-state index >= 15 is 0 Å². The Kier molecular flexibility index (Phi) is 4.39. The number of aromatic nitrogens is 1. The lowest BCUT2D eigenvalue weighted by atomic mass is 10.1. The number of hydrogen-bond donors (Lipinski definition) is 2. The van der Waals surface area contributed by atoms with Crippen molar-refractivity contribution >= 4 is 23.2 Å². The highest BCUT2D eigenvalue weighted by molar-refractivity contribution is 6.31. The third-order valence-electron chi connectivity index (χ3n) is 3.30. The molecule has 0 aliphatic carbocycles. The lowest BCUT2D eigenvalue weighted by Gasteiger charge is -2.05. The normalized spacial score (nSPS) is 10.4. The number of carbonyl (C=O) groups excluding carboxylic acids is 1. The molecule has 3 aromatic rings. The van der Waals surface area contributed by atoms with Crippen LogP contribution in [0.2, 0.25) is 5.02 Å². The zero-order valence-electron chi connectivity index (χ0n) is 12.6. The van der Waals surface area contributed by atoms with Crippen LogP contribution in [0.5, 0.6) is 11.5 Å². The summed E-state index contributed by atoms with van der Waals surface area (Å²) < 4.78 is 10.4. The summed E-state index contributed by atoms with van der Waals surface area (Å²) in [4.78, 5) is 12.2. The fourth-order valence-corrected chi connectivity index (χ4v) is 2.26. The van der Waals surface area contributed by atoms with Gasteiger partial charge in [-0.3, -0.25) is 4.79 Å². The van der Waals surface area contributed by atoms with E-state index in [1.54, 1.807) is 25.3 Å². The number of benzene rings is 2. The Labute approximate surface area is 142 Å². The maximum atomic E-state index is 12.2. The fourth-order valence-electron chi connectivity index (χ4n) is 2.09. The predicted octanol–water partition coefficient (Wildman–Crippen LogP) is 3.96. The smallest absolute Gasteiger partial charge is 0.277 e. The van der Waals surface area contributed by atoms with Gasteiger partial charge in [-0.2, -0.15) is 0 Å². The number of nitrogens with zero attached hydrogens (tertiary/aromatic N) is 1. The van der Waals surface area contributed by atoms with Gasteiger partial charge in [-0.1, -0.05) is 28.9 Å². The van der Waals surface area contributed by atoms with Crippen LogP contribution in [0.3, 0.4) is 0 Å². The van der Waals surface area contributed by atoms with Gasteiger partial charge in [0.2, 0.25) is 0 Å². The quantitative estimate of drug-likeness (QED) is 0.700. The molecule has 7 heteroatoms. The molecular formula is C17H13ClN2O4. The number of carbonyl (C=O) groups is 1. The summed E-state index contributed by atoms with van der Waals surface area (Å²) in [7, 11) is 1.57. The number of aromatic hydroxyl groups is 1. The van der Waals surface area contributed by atoms with Crippen molar-refractivity contribution in [1.29, 1.82) is 0 Å². The third-order valence-corrected chi connectivity index (χ3v) is 3.54. The number of hydrogen-bond acceptors (Lipinski definition) is 5. The average molecular weight is 345 g/mol. The van der Waals surface area contributed by atoms with Crippen LogP contribution < -0.4 is 10.1 Å². The minimum Gasteiger partial charge on any atom is -0.506 e. The van der Waals surface area contributed by atoms with E-state index in [2.05, 4.69) is 10.5 Å². The van der Waals surface area contributed by atoms with Crippen molar-refractivity contribution in [2.45, 2.75) is 0 Å². The van der Waals surface area contributed by atoms with Gasteiger partial charge >= 0.3 is 0 Å². The van der Waals surface area contributed by atoms with Crippen molar-refractivity contribution in [2.75, 3.05) is 12.4 Å². The van der Waals surface area contributed by atoms with Crippen molar-refractivity contribution < 1.29 is 19.2 Å². The van der Waals surface area contributed by atoms with Gasteiger partial charge in [0, 0.05) is 16.7 Å². The minimum atomic E-state index is -0.523. The van der Waals surface area contributed by atoms with Crippen LogP contribution in [-0.2, 0) is 0 Å². The van der Waals surface area contributed by atoms with E-state index in [1.807, 2.05) is 6.07 Å². The molecule has 0 radical (unpaired) electrons. The summed E-state index contributed by atoms with van der Waals surface area (Å²) >= 11 is 5.85. The summed E-state index contributed by atoms with van der Waals surface area (Å²) in [6.07, 6.45) is 0. The van der Waals surface area contributed by atoms with Gasteiger partial charge in [-0.05, 0) is 30.3 Å². The van der Waals surface area contributed by atoms with Crippen molar-refractivity contribution in [1.82, 2.24) is 5.16 Å². The molecule has 6 nitrogen and oxygen atoms in total. The SMILES string of the molecule is COc1cccc(-c2cc(C(=O)Nc3cc(Cl)ccc3O)no2)c1. The highest BCUT2D eigenvalue weighted by atomic mass is 35.5. The number of halogens is 1. The Balaban J connectivity index is 1.82. The van der Waals surface area contributed by atoms with Crippen molar-refractivity contribution in [3.05, 3.63) is 59.2 Å². The molecule has 0 saturated heterocycles. The zero-order valence-corrected chi connectivity index (χ0v) is 13.4. The number of amides is 1. The molecule has 0 atom stereocenters. The van der Waals surface area contributed by atoms with E-state index in [9.17, 15) is 9.90 Å². The second-order valence-corrected chi connectivity index (χ2v) is 5.36. The van der Waals surface area contributed by atoms with Crippen molar-refractivity contribution in [2.24, 2.45) is 0 Å². The standard InChI is InChI=1S/C17H13ClN2O4/c1-23-12-4-2-3-10(7-12)16-9-14(20-24-16)17(22)19-13-8-11(18)5-6-15(13)21/h2-9,21H,1H3,(H,19,22).